The summed E-state index contributed by atoms with van der Waals surface area (Å²) in [6.07, 6.45) is 25.8. The van der Waals surface area contributed by atoms with Gasteiger partial charge in [-0.15, -0.1) is 0 Å². The Hall–Kier alpha value is -3.64. The van der Waals surface area contributed by atoms with Gasteiger partial charge >= 0.3 is 0 Å². The maximum atomic E-state index is 4.19. The molecule has 0 radical (unpaired) electrons. The fourth-order valence-corrected chi connectivity index (χ4v) is 4.83. The van der Waals surface area contributed by atoms with Gasteiger partial charge in [-0.25, -0.2) is 0 Å². The van der Waals surface area contributed by atoms with Crippen LogP contribution in [-0.4, -0.2) is 0 Å². The van der Waals surface area contributed by atoms with E-state index in [1.807, 2.05) is 6.08 Å². The normalized spacial score (nSPS) is 18.9. The number of aryl methyl sites for hydroxylation is 1. The van der Waals surface area contributed by atoms with E-state index in [2.05, 4.69) is 154 Å². The lowest BCUT2D eigenvalue weighted by Gasteiger charge is -2.35. The molecule has 1 unspecified atom stereocenters. The highest BCUT2D eigenvalue weighted by molar-refractivity contribution is 5.92. The Balaban J connectivity index is 3.15. The third kappa shape index (κ3) is 8.42. The summed E-state index contributed by atoms with van der Waals surface area (Å²) in [6, 6.07) is 9.00. The van der Waals surface area contributed by atoms with E-state index in [1.54, 1.807) is 0 Å². The predicted molar refractivity (Wildman–Crippen MR) is 177 cm³/mol. The number of hydrogen-bond acceptors (Lipinski definition) is 0. The Labute approximate surface area is 239 Å². The van der Waals surface area contributed by atoms with Crippen molar-refractivity contribution in [3.8, 4) is 0 Å². The monoisotopic (exact) mass is 516 g/mol. The van der Waals surface area contributed by atoms with Crippen molar-refractivity contribution in [2.45, 2.75) is 68.2 Å². The van der Waals surface area contributed by atoms with Gasteiger partial charge in [-0.2, -0.15) is 0 Å². The SMILES string of the molecule is C=C/C=C\C(=C/CC(=C)C)C1=C(C/C=C\C(C)=C/C)C(C)/C(=C\C=C/C)C(c2ccc(C)cc2)=C1/C(C)=C/C. The van der Waals surface area contributed by atoms with Crippen LogP contribution in [-0.2, 0) is 0 Å². The van der Waals surface area contributed by atoms with Crippen LogP contribution in [0.15, 0.2) is 149 Å². The van der Waals surface area contributed by atoms with Crippen LogP contribution in [0.5, 0.6) is 0 Å². The zero-order valence-corrected chi connectivity index (χ0v) is 25.6. The van der Waals surface area contributed by atoms with E-state index in [1.165, 1.54) is 55.7 Å². The molecular formula is C39H48. The van der Waals surface area contributed by atoms with Gasteiger partial charge in [0.2, 0.25) is 0 Å². The zero-order valence-electron chi connectivity index (χ0n) is 25.6. The third-order valence-electron chi connectivity index (χ3n) is 7.28. The molecule has 0 saturated carbocycles. The van der Waals surface area contributed by atoms with E-state index < -0.39 is 0 Å². The molecule has 0 aromatic heterocycles. The van der Waals surface area contributed by atoms with Crippen molar-refractivity contribution in [2.24, 2.45) is 5.92 Å². The van der Waals surface area contributed by atoms with Crippen LogP contribution >= 0.6 is 0 Å². The van der Waals surface area contributed by atoms with Gasteiger partial charge in [0.05, 0.1) is 0 Å². The standard InChI is InChI=1S/C39H48/c1-11-15-19-33(25-22-28(5)6)38-36(21-17-18-29(7)13-3)32(10)35(20-16-12-2)39(37(38)31(9)14-4)34-26-23-30(8)24-27-34/h11-20,23-27,32H,1,5,21-22H2,2-4,6-10H3/b16-12-,18-17-,19-15-,29-13-,31-14+,33-25+,35-20+. The second kappa shape index (κ2) is 15.7. The van der Waals surface area contributed by atoms with Gasteiger partial charge in [0.15, 0.2) is 0 Å². The van der Waals surface area contributed by atoms with Crippen molar-refractivity contribution in [3.63, 3.8) is 0 Å². The molecule has 1 aliphatic rings. The van der Waals surface area contributed by atoms with Crippen LogP contribution in [0, 0.1) is 12.8 Å². The molecule has 1 aliphatic carbocycles. The lowest BCUT2D eigenvalue weighted by atomic mass is 9.69. The van der Waals surface area contributed by atoms with Crippen LogP contribution < -0.4 is 0 Å². The Morgan fingerprint density at radius 3 is 2.18 bits per heavy atom. The number of hydrogen-bond donors (Lipinski definition) is 0. The average molecular weight is 517 g/mol. The first-order valence-corrected chi connectivity index (χ1v) is 14.1. The highest BCUT2D eigenvalue weighted by Gasteiger charge is 2.32. The molecule has 0 N–H and O–H groups in total. The average Bonchev–Trinajstić information content (AvgIpc) is 2.93. The summed E-state index contributed by atoms with van der Waals surface area (Å²) in [5.74, 6) is 0.238. The lowest BCUT2D eigenvalue weighted by Crippen LogP contribution is -2.18. The minimum atomic E-state index is 0.238. The van der Waals surface area contributed by atoms with Gasteiger partial charge in [-0.1, -0.05) is 133 Å². The molecule has 2 rings (SSSR count). The van der Waals surface area contributed by atoms with Gasteiger partial charge in [0, 0.05) is 5.92 Å². The highest BCUT2D eigenvalue weighted by atomic mass is 14.4. The summed E-state index contributed by atoms with van der Waals surface area (Å²) >= 11 is 0. The molecule has 0 fully saturated rings. The van der Waals surface area contributed by atoms with Gasteiger partial charge < -0.3 is 0 Å². The molecule has 1 aromatic carbocycles. The summed E-state index contributed by atoms with van der Waals surface area (Å²) < 4.78 is 0. The summed E-state index contributed by atoms with van der Waals surface area (Å²) in [7, 11) is 0. The molecule has 1 aromatic rings. The summed E-state index contributed by atoms with van der Waals surface area (Å²) in [4.78, 5) is 0. The Morgan fingerprint density at radius 1 is 0.923 bits per heavy atom. The van der Waals surface area contributed by atoms with E-state index in [0.717, 1.165) is 18.4 Å². The third-order valence-corrected chi connectivity index (χ3v) is 7.28. The quantitative estimate of drug-likeness (QED) is 0.203. The van der Waals surface area contributed by atoms with Crippen LogP contribution in [0.4, 0.5) is 0 Å². The highest BCUT2D eigenvalue weighted by Crippen LogP contribution is 2.49. The van der Waals surface area contributed by atoms with Crippen LogP contribution in [0.1, 0.15) is 72.4 Å². The van der Waals surface area contributed by atoms with Gasteiger partial charge in [0.25, 0.3) is 0 Å². The van der Waals surface area contributed by atoms with Crippen LogP contribution in [0.2, 0.25) is 0 Å². The van der Waals surface area contributed by atoms with Gasteiger partial charge in [-0.3, -0.25) is 0 Å². The van der Waals surface area contributed by atoms with Crippen molar-refractivity contribution in [1.82, 2.24) is 0 Å². The molecule has 0 aliphatic heterocycles. The largest absolute Gasteiger partial charge is 0.0998 e. The summed E-state index contributed by atoms with van der Waals surface area (Å²) in [6.45, 7) is 25.5. The van der Waals surface area contributed by atoms with E-state index in [9.17, 15) is 0 Å². The second-order valence-electron chi connectivity index (χ2n) is 10.4. The molecule has 0 amide bonds. The lowest BCUT2D eigenvalue weighted by molar-refractivity contribution is 0.778. The zero-order chi connectivity index (χ0) is 28.9. The number of allylic oxidation sites excluding steroid dienone is 20. The molecule has 0 bridgehead atoms. The van der Waals surface area contributed by atoms with Crippen LogP contribution in [0.25, 0.3) is 5.57 Å². The topological polar surface area (TPSA) is 0 Å². The minimum Gasteiger partial charge on any atom is -0.0998 e. The first-order chi connectivity index (χ1) is 18.7. The van der Waals surface area contributed by atoms with Crippen LogP contribution in [0.3, 0.4) is 0 Å². The second-order valence-corrected chi connectivity index (χ2v) is 10.4. The first-order valence-electron chi connectivity index (χ1n) is 14.1. The Morgan fingerprint density at radius 2 is 1.62 bits per heavy atom. The van der Waals surface area contributed by atoms with E-state index in [4.69, 9.17) is 0 Å². The van der Waals surface area contributed by atoms with Gasteiger partial charge in [0.1, 0.15) is 0 Å². The number of rotatable bonds is 11. The van der Waals surface area contributed by atoms with E-state index in [-0.39, 0.29) is 5.92 Å². The molecule has 1 atom stereocenters. The molecular weight excluding hydrogens is 468 g/mol. The maximum absolute atomic E-state index is 4.19. The molecule has 0 heterocycles. The predicted octanol–water partition coefficient (Wildman–Crippen LogP) is 11.7. The summed E-state index contributed by atoms with van der Waals surface area (Å²) in [5, 5.41) is 0. The first kappa shape index (κ1) is 31.6. The van der Waals surface area contributed by atoms with Crippen molar-refractivity contribution < 1.29 is 0 Å². The van der Waals surface area contributed by atoms with E-state index in [0.29, 0.717) is 0 Å². The maximum Gasteiger partial charge on any atom is 0.00387 e. The fourth-order valence-electron chi connectivity index (χ4n) is 4.83. The molecule has 39 heavy (non-hydrogen) atoms. The van der Waals surface area contributed by atoms with Crippen molar-refractivity contribution >= 4 is 5.57 Å². The number of benzene rings is 1. The smallest absolute Gasteiger partial charge is 0.00387 e. The van der Waals surface area contributed by atoms with E-state index >= 15 is 0 Å². The van der Waals surface area contributed by atoms with Crippen molar-refractivity contribution in [3.05, 3.63) is 160 Å². The fraction of sp³-hybridized carbons (Fsp3) is 0.282. The summed E-state index contributed by atoms with van der Waals surface area (Å²) in [5.41, 5.74) is 14.2. The Bertz CT molecular complexity index is 1310. The minimum absolute atomic E-state index is 0.238. The molecule has 0 saturated heterocycles. The Kier molecular flexibility index (Phi) is 12.7. The molecule has 204 valence electrons. The molecule has 0 nitrogen and oxygen atoms in total. The molecule has 0 heteroatoms. The van der Waals surface area contributed by atoms with Gasteiger partial charge in [-0.05, 0) is 100 Å². The van der Waals surface area contributed by atoms with Crippen molar-refractivity contribution in [1.29, 1.82) is 0 Å². The van der Waals surface area contributed by atoms with Crippen molar-refractivity contribution in [2.75, 3.05) is 0 Å². The molecule has 0 spiro atoms.